The first-order valence-electron chi connectivity index (χ1n) is 10.4. The largest absolute Gasteiger partial charge is 0.353 e. The Hall–Kier alpha value is -2.21. The van der Waals surface area contributed by atoms with Crippen LogP contribution in [0, 0.1) is 18.8 Å². The van der Waals surface area contributed by atoms with Gasteiger partial charge in [0.2, 0.25) is 5.91 Å². The molecule has 6 heteroatoms. The number of nitrogens with zero attached hydrogens (tertiary/aromatic N) is 2. The average molecular weight is 414 g/mol. The van der Waals surface area contributed by atoms with Gasteiger partial charge in [0.05, 0.1) is 10.7 Å². The first-order valence-corrected chi connectivity index (χ1v) is 11.3. The third kappa shape index (κ3) is 5.44. The Bertz CT molecular complexity index is 839. The molecule has 0 spiro atoms. The number of carbonyl (C=O) groups is 2. The summed E-state index contributed by atoms with van der Waals surface area (Å²) in [6.45, 7) is 9.41. The summed E-state index contributed by atoms with van der Waals surface area (Å²) in [6, 6.07) is 10.4. The van der Waals surface area contributed by atoms with Gasteiger partial charge in [-0.15, -0.1) is 11.3 Å². The Morgan fingerprint density at radius 2 is 1.83 bits per heavy atom. The van der Waals surface area contributed by atoms with Gasteiger partial charge in [0.25, 0.3) is 5.91 Å². The normalized spacial score (nSPS) is 16.1. The lowest BCUT2D eigenvalue weighted by atomic mass is 9.94. The molecule has 0 aliphatic carbocycles. The minimum Gasteiger partial charge on any atom is -0.353 e. The summed E-state index contributed by atoms with van der Waals surface area (Å²) in [4.78, 5) is 32.7. The lowest BCUT2D eigenvalue weighted by Crippen LogP contribution is -2.45. The number of aromatic nitrogens is 1. The molecule has 29 heavy (non-hydrogen) atoms. The van der Waals surface area contributed by atoms with Crippen LogP contribution < -0.4 is 5.32 Å². The van der Waals surface area contributed by atoms with E-state index in [1.165, 1.54) is 16.9 Å². The van der Waals surface area contributed by atoms with Gasteiger partial charge in [-0.2, -0.15) is 0 Å². The fraction of sp³-hybridized carbons (Fsp3) is 0.522. The molecule has 1 fully saturated rings. The number of thiazole rings is 1. The van der Waals surface area contributed by atoms with Crippen molar-refractivity contribution in [2.24, 2.45) is 11.8 Å². The summed E-state index contributed by atoms with van der Waals surface area (Å²) in [6.07, 6.45) is 2.18. The van der Waals surface area contributed by atoms with Gasteiger partial charge in [0.1, 0.15) is 4.88 Å². The Balaban J connectivity index is 1.57. The highest BCUT2D eigenvalue weighted by Gasteiger charge is 2.30. The van der Waals surface area contributed by atoms with E-state index in [4.69, 9.17) is 0 Å². The van der Waals surface area contributed by atoms with Crippen molar-refractivity contribution in [1.82, 2.24) is 15.2 Å². The Labute approximate surface area is 177 Å². The molecule has 2 aromatic rings. The molecule has 1 unspecified atom stereocenters. The van der Waals surface area contributed by atoms with Gasteiger partial charge < -0.3 is 10.2 Å². The number of hydrogen-bond acceptors (Lipinski definition) is 4. The van der Waals surface area contributed by atoms with Crippen LogP contribution >= 0.6 is 11.3 Å². The maximum absolute atomic E-state index is 13.0. The standard InChI is InChI=1S/C23H31N3O2S/c1-15(2)16(3)25-22(27)19-10-12-26(13-11-19)23(28)21-17(4)24-20(29-21)14-18-8-6-5-7-9-18/h5-9,15-16,19H,10-14H2,1-4H3,(H,25,27). The quantitative estimate of drug-likeness (QED) is 0.777. The molecule has 0 radical (unpaired) electrons. The summed E-state index contributed by atoms with van der Waals surface area (Å²) in [7, 11) is 0. The topological polar surface area (TPSA) is 62.3 Å². The fourth-order valence-electron chi connectivity index (χ4n) is 3.49. The molecule has 2 heterocycles. The lowest BCUT2D eigenvalue weighted by molar-refractivity contribution is -0.127. The molecule has 3 rings (SSSR count). The van der Waals surface area contributed by atoms with Crippen molar-refractivity contribution in [2.75, 3.05) is 13.1 Å². The zero-order valence-electron chi connectivity index (χ0n) is 17.8. The second kappa shape index (κ2) is 9.53. The second-order valence-corrected chi connectivity index (χ2v) is 9.38. The molecule has 2 amide bonds. The minimum atomic E-state index is -0.00329. The number of hydrogen-bond donors (Lipinski definition) is 1. The van der Waals surface area contributed by atoms with Crippen LogP contribution in [0.5, 0.6) is 0 Å². The van der Waals surface area contributed by atoms with E-state index in [1.54, 1.807) is 0 Å². The first-order chi connectivity index (χ1) is 13.8. The van der Waals surface area contributed by atoms with Crippen LogP contribution in [-0.4, -0.2) is 40.8 Å². The number of benzene rings is 1. The van der Waals surface area contributed by atoms with Crippen molar-refractivity contribution in [3.8, 4) is 0 Å². The van der Waals surface area contributed by atoms with E-state index in [9.17, 15) is 9.59 Å². The van der Waals surface area contributed by atoms with Crippen LogP contribution in [0.1, 0.15) is 59.5 Å². The van der Waals surface area contributed by atoms with E-state index in [1.807, 2.05) is 36.9 Å². The van der Waals surface area contributed by atoms with E-state index in [-0.39, 0.29) is 23.8 Å². The van der Waals surface area contributed by atoms with Gasteiger partial charge in [-0.25, -0.2) is 4.98 Å². The number of nitrogens with one attached hydrogen (secondary N) is 1. The molecule has 1 aromatic carbocycles. The monoisotopic (exact) mass is 413 g/mol. The van der Waals surface area contributed by atoms with Gasteiger partial charge in [0.15, 0.2) is 0 Å². The number of carbonyl (C=O) groups excluding carboxylic acids is 2. The molecule has 156 valence electrons. The lowest BCUT2D eigenvalue weighted by Gasteiger charge is -2.32. The molecular formula is C23H31N3O2S. The van der Waals surface area contributed by atoms with E-state index in [2.05, 4.69) is 36.3 Å². The Kier molecular flexibility index (Phi) is 7.06. The summed E-state index contributed by atoms with van der Waals surface area (Å²) in [5, 5.41) is 4.08. The maximum atomic E-state index is 13.0. The van der Waals surface area contributed by atoms with Crippen molar-refractivity contribution >= 4 is 23.2 Å². The minimum absolute atomic E-state index is 0.00329. The predicted molar refractivity (Wildman–Crippen MR) is 117 cm³/mol. The van der Waals surface area contributed by atoms with E-state index >= 15 is 0 Å². The molecule has 1 saturated heterocycles. The molecule has 0 bridgehead atoms. The Morgan fingerprint density at radius 3 is 2.45 bits per heavy atom. The highest BCUT2D eigenvalue weighted by Crippen LogP contribution is 2.25. The van der Waals surface area contributed by atoms with Crippen LogP contribution in [0.25, 0.3) is 0 Å². The molecule has 0 saturated carbocycles. The zero-order valence-corrected chi connectivity index (χ0v) is 18.6. The van der Waals surface area contributed by atoms with Gasteiger partial charge in [0, 0.05) is 31.5 Å². The van der Waals surface area contributed by atoms with E-state index < -0.39 is 0 Å². The second-order valence-electron chi connectivity index (χ2n) is 8.29. The predicted octanol–water partition coefficient (Wildman–Crippen LogP) is 4.06. The maximum Gasteiger partial charge on any atom is 0.265 e. The van der Waals surface area contributed by atoms with Crippen molar-refractivity contribution in [2.45, 2.75) is 53.0 Å². The van der Waals surface area contributed by atoms with Crippen LogP contribution in [0.2, 0.25) is 0 Å². The molecule has 1 aliphatic rings. The zero-order chi connectivity index (χ0) is 21.0. The van der Waals surface area contributed by atoms with Crippen molar-refractivity contribution < 1.29 is 9.59 Å². The van der Waals surface area contributed by atoms with Crippen LogP contribution in [0.4, 0.5) is 0 Å². The Morgan fingerprint density at radius 1 is 1.17 bits per heavy atom. The van der Waals surface area contributed by atoms with Gasteiger partial charge in [-0.1, -0.05) is 44.2 Å². The average Bonchev–Trinajstić information content (AvgIpc) is 3.08. The summed E-state index contributed by atoms with van der Waals surface area (Å²) in [5.41, 5.74) is 2.00. The summed E-state index contributed by atoms with van der Waals surface area (Å²) >= 11 is 1.49. The van der Waals surface area contributed by atoms with E-state index in [0.29, 0.717) is 19.0 Å². The summed E-state index contributed by atoms with van der Waals surface area (Å²) < 4.78 is 0. The highest BCUT2D eigenvalue weighted by molar-refractivity contribution is 7.13. The molecule has 1 N–H and O–H groups in total. The molecule has 5 nitrogen and oxygen atoms in total. The van der Waals surface area contributed by atoms with Crippen LogP contribution in [-0.2, 0) is 11.2 Å². The highest BCUT2D eigenvalue weighted by atomic mass is 32.1. The number of aryl methyl sites for hydroxylation is 1. The van der Waals surface area contributed by atoms with Crippen molar-refractivity contribution in [3.05, 3.63) is 51.5 Å². The van der Waals surface area contributed by atoms with E-state index in [0.717, 1.165) is 34.8 Å². The number of piperidine rings is 1. The van der Waals surface area contributed by atoms with Crippen molar-refractivity contribution in [1.29, 1.82) is 0 Å². The third-order valence-electron chi connectivity index (χ3n) is 5.76. The smallest absolute Gasteiger partial charge is 0.265 e. The number of likely N-dealkylation sites (tertiary alicyclic amines) is 1. The first kappa shape index (κ1) is 21.5. The number of amides is 2. The van der Waals surface area contributed by atoms with Crippen LogP contribution in [0.3, 0.4) is 0 Å². The van der Waals surface area contributed by atoms with Gasteiger partial charge >= 0.3 is 0 Å². The summed E-state index contributed by atoms with van der Waals surface area (Å²) in [5.74, 6) is 0.586. The van der Waals surface area contributed by atoms with Crippen LogP contribution in [0.15, 0.2) is 30.3 Å². The fourth-order valence-corrected chi connectivity index (χ4v) is 4.56. The van der Waals surface area contributed by atoms with Gasteiger partial charge in [-0.05, 0) is 38.2 Å². The number of rotatable bonds is 6. The molecule has 1 aliphatic heterocycles. The third-order valence-corrected chi connectivity index (χ3v) is 6.90. The molecular weight excluding hydrogens is 382 g/mol. The van der Waals surface area contributed by atoms with Crippen molar-refractivity contribution in [3.63, 3.8) is 0 Å². The van der Waals surface area contributed by atoms with Gasteiger partial charge in [-0.3, -0.25) is 9.59 Å². The molecule has 1 atom stereocenters. The SMILES string of the molecule is Cc1nc(Cc2ccccc2)sc1C(=O)N1CCC(C(=O)NC(C)C(C)C)CC1. The molecule has 1 aromatic heterocycles.